The van der Waals surface area contributed by atoms with E-state index in [-0.39, 0.29) is 11.4 Å². The van der Waals surface area contributed by atoms with E-state index in [4.69, 9.17) is 4.74 Å². The van der Waals surface area contributed by atoms with Gasteiger partial charge in [-0.25, -0.2) is 8.42 Å². The number of carbonyl (C=O) groups is 1. The van der Waals surface area contributed by atoms with Gasteiger partial charge in [-0.2, -0.15) is 0 Å². The number of ether oxygens (including phenoxy) is 1. The molecule has 0 aromatic heterocycles. The summed E-state index contributed by atoms with van der Waals surface area (Å²) in [6.07, 6.45) is 3.78. The first kappa shape index (κ1) is 26.7. The zero-order valence-corrected chi connectivity index (χ0v) is 22.3. The number of rotatable bonds is 10. The van der Waals surface area contributed by atoms with Crippen molar-refractivity contribution in [3.05, 3.63) is 89.5 Å². The lowest BCUT2D eigenvalue weighted by atomic mass is 10.1. The monoisotopic (exact) mass is 521 g/mol. The third kappa shape index (κ3) is 6.90. The van der Waals surface area contributed by atoms with Gasteiger partial charge < -0.3 is 10.1 Å². The van der Waals surface area contributed by atoms with E-state index in [0.29, 0.717) is 18.0 Å². The summed E-state index contributed by atoms with van der Waals surface area (Å²) in [6.45, 7) is 4.98. The van der Waals surface area contributed by atoms with E-state index < -0.39 is 15.9 Å². The average Bonchev–Trinajstić information content (AvgIpc) is 2.91. The average molecular weight is 522 g/mol. The SMILES string of the molecule is COc1ccccc1N(CC(=O)NCc1cccc(CN2CCCCC2)c1)S(=O)(=O)c1ccc(C)cc1. The fourth-order valence-electron chi connectivity index (χ4n) is 4.57. The lowest BCUT2D eigenvalue weighted by Gasteiger charge is -2.26. The molecular formula is C29H35N3O4S. The van der Waals surface area contributed by atoms with Crippen molar-refractivity contribution in [2.24, 2.45) is 0 Å². The second-order valence-electron chi connectivity index (χ2n) is 9.43. The summed E-state index contributed by atoms with van der Waals surface area (Å²) in [7, 11) is -2.54. The Kier molecular flexibility index (Phi) is 8.84. The first-order valence-corrected chi connectivity index (χ1v) is 14.1. The fraction of sp³-hybridized carbons (Fsp3) is 0.345. The third-order valence-corrected chi connectivity index (χ3v) is 8.36. The van der Waals surface area contributed by atoms with Crippen LogP contribution < -0.4 is 14.4 Å². The van der Waals surface area contributed by atoms with Crippen LogP contribution in [-0.4, -0.2) is 46.0 Å². The molecule has 196 valence electrons. The van der Waals surface area contributed by atoms with Crippen molar-refractivity contribution in [1.82, 2.24) is 10.2 Å². The Morgan fingerprint density at radius 3 is 2.38 bits per heavy atom. The molecule has 8 heteroatoms. The predicted molar refractivity (Wildman–Crippen MR) is 146 cm³/mol. The number of para-hydroxylation sites is 2. The molecule has 37 heavy (non-hydrogen) atoms. The molecule has 0 aliphatic carbocycles. The van der Waals surface area contributed by atoms with Gasteiger partial charge in [-0.05, 0) is 68.2 Å². The number of carbonyl (C=O) groups excluding carboxylic acids is 1. The zero-order valence-electron chi connectivity index (χ0n) is 21.5. The minimum absolute atomic E-state index is 0.113. The molecule has 1 aliphatic rings. The topological polar surface area (TPSA) is 79.0 Å². The predicted octanol–water partition coefficient (Wildman–Crippen LogP) is 4.50. The largest absolute Gasteiger partial charge is 0.495 e. The lowest BCUT2D eigenvalue weighted by Crippen LogP contribution is -2.40. The standard InChI is InChI=1S/C29H35N3O4S/c1-23-13-15-26(16-14-23)37(34,35)32(27-11-4-5-12-28(27)36-2)22-29(33)30-20-24-9-8-10-25(19-24)21-31-17-6-3-7-18-31/h4-5,8-16,19H,3,6-7,17-18,20-22H2,1-2H3,(H,30,33). The minimum Gasteiger partial charge on any atom is -0.495 e. The van der Waals surface area contributed by atoms with Gasteiger partial charge in [0.15, 0.2) is 0 Å². The molecule has 3 aromatic rings. The number of nitrogens with zero attached hydrogens (tertiary/aromatic N) is 2. The van der Waals surface area contributed by atoms with Gasteiger partial charge >= 0.3 is 0 Å². The van der Waals surface area contributed by atoms with E-state index in [9.17, 15) is 13.2 Å². The van der Waals surface area contributed by atoms with E-state index in [1.165, 1.54) is 31.9 Å². The normalized spacial score (nSPS) is 14.2. The molecule has 1 aliphatic heterocycles. The van der Waals surface area contributed by atoms with Gasteiger partial charge in [0.25, 0.3) is 10.0 Å². The van der Waals surface area contributed by atoms with Gasteiger partial charge in [0.1, 0.15) is 12.3 Å². The first-order chi connectivity index (χ1) is 17.9. The van der Waals surface area contributed by atoms with Gasteiger partial charge in [-0.15, -0.1) is 0 Å². The second kappa shape index (κ2) is 12.3. The number of piperidine rings is 1. The van der Waals surface area contributed by atoms with Crippen LogP contribution >= 0.6 is 0 Å². The molecule has 1 saturated heterocycles. The fourth-order valence-corrected chi connectivity index (χ4v) is 6.01. The highest BCUT2D eigenvalue weighted by Crippen LogP contribution is 2.32. The number of methoxy groups -OCH3 is 1. The van der Waals surface area contributed by atoms with E-state index in [1.54, 1.807) is 48.5 Å². The van der Waals surface area contributed by atoms with Crippen molar-refractivity contribution >= 4 is 21.6 Å². The number of aryl methyl sites for hydroxylation is 1. The van der Waals surface area contributed by atoms with Gasteiger partial charge in [-0.1, -0.05) is 60.5 Å². The van der Waals surface area contributed by atoms with Crippen molar-refractivity contribution in [3.63, 3.8) is 0 Å². The van der Waals surface area contributed by atoms with Crippen molar-refractivity contribution in [1.29, 1.82) is 0 Å². The molecule has 1 heterocycles. The van der Waals surface area contributed by atoms with Crippen LogP contribution in [0.1, 0.15) is 36.0 Å². The van der Waals surface area contributed by atoms with E-state index in [2.05, 4.69) is 22.3 Å². The molecule has 1 N–H and O–H groups in total. The van der Waals surface area contributed by atoms with E-state index in [1.807, 2.05) is 19.1 Å². The molecule has 4 rings (SSSR count). The molecule has 0 atom stereocenters. The molecule has 1 amide bonds. The minimum atomic E-state index is -4.02. The Morgan fingerprint density at radius 2 is 1.65 bits per heavy atom. The molecule has 7 nitrogen and oxygen atoms in total. The van der Waals surface area contributed by atoms with Gasteiger partial charge in [0, 0.05) is 13.1 Å². The zero-order chi connectivity index (χ0) is 26.3. The maximum atomic E-state index is 13.6. The summed E-state index contributed by atoms with van der Waals surface area (Å²) in [5, 5.41) is 2.90. The molecule has 3 aromatic carbocycles. The summed E-state index contributed by atoms with van der Waals surface area (Å²) in [6, 6.07) is 21.6. The van der Waals surface area contributed by atoms with E-state index >= 15 is 0 Å². The number of hydrogen-bond acceptors (Lipinski definition) is 5. The molecule has 0 saturated carbocycles. The highest BCUT2D eigenvalue weighted by Gasteiger charge is 2.29. The summed E-state index contributed by atoms with van der Waals surface area (Å²) in [5.41, 5.74) is 3.45. The van der Waals surface area contributed by atoms with Crippen LogP contribution in [0.15, 0.2) is 77.7 Å². The van der Waals surface area contributed by atoms with Crippen LogP contribution in [0, 0.1) is 6.92 Å². The van der Waals surface area contributed by atoms with Crippen molar-refractivity contribution < 1.29 is 17.9 Å². The number of anilines is 1. The van der Waals surface area contributed by atoms with Gasteiger partial charge in [0.2, 0.25) is 5.91 Å². The number of likely N-dealkylation sites (tertiary alicyclic amines) is 1. The van der Waals surface area contributed by atoms with Crippen molar-refractivity contribution in [2.75, 3.05) is 31.0 Å². The summed E-state index contributed by atoms with van der Waals surface area (Å²) in [5.74, 6) is -0.0283. The Bertz CT molecular complexity index is 1300. The summed E-state index contributed by atoms with van der Waals surface area (Å²) < 4.78 is 33.8. The third-order valence-electron chi connectivity index (χ3n) is 6.59. The van der Waals surface area contributed by atoms with Crippen LogP contribution in [0.25, 0.3) is 0 Å². The van der Waals surface area contributed by atoms with E-state index in [0.717, 1.165) is 35.1 Å². The van der Waals surface area contributed by atoms with Crippen LogP contribution in [0.4, 0.5) is 5.69 Å². The molecule has 0 radical (unpaired) electrons. The van der Waals surface area contributed by atoms with Crippen LogP contribution in [-0.2, 0) is 27.9 Å². The molecule has 0 spiro atoms. The van der Waals surface area contributed by atoms with Crippen LogP contribution in [0.5, 0.6) is 5.75 Å². The maximum Gasteiger partial charge on any atom is 0.264 e. The number of amides is 1. The number of hydrogen-bond donors (Lipinski definition) is 1. The second-order valence-corrected chi connectivity index (χ2v) is 11.3. The number of nitrogens with one attached hydrogen (secondary N) is 1. The highest BCUT2D eigenvalue weighted by molar-refractivity contribution is 7.92. The summed E-state index contributed by atoms with van der Waals surface area (Å²) >= 11 is 0. The Morgan fingerprint density at radius 1 is 0.946 bits per heavy atom. The first-order valence-electron chi connectivity index (χ1n) is 12.7. The highest BCUT2D eigenvalue weighted by atomic mass is 32.2. The molecule has 0 bridgehead atoms. The van der Waals surface area contributed by atoms with Crippen molar-refractivity contribution in [3.8, 4) is 5.75 Å². The molecule has 0 unspecified atom stereocenters. The Hall–Kier alpha value is -3.36. The van der Waals surface area contributed by atoms with Gasteiger partial charge in [0.05, 0.1) is 17.7 Å². The van der Waals surface area contributed by atoms with Crippen molar-refractivity contribution in [2.45, 2.75) is 44.2 Å². The summed E-state index contributed by atoms with van der Waals surface area (Å²) in [4.78, 5) is 15.6. The number of benzene rings is 3. The molecule has 1 fully saturated rings. The van der Waals surface area contributed by atoms with Gasteiger partial charge in [-0.3, -0.25) is 14.0 Å². The maximum absolute atomic E-state index is 13.6. The molecular weight excluding hydrogens is 486 g/mol. The Labute approximate surface area is 220 Å². The quantitative estimate of drug-likeness (QED) is 0.425. The lowest BCUT2D eigenvalue weighted by molar-refractivity contribution is -0.119. The number of sulfonamides is 1. The van der Waals surface area contributed by atoms with Crippen LogP contribution in [0.3, 0.4) is 0 Å². The van der Waals surface area contributed by atoms with Crippen LogP contribution in [0.2, 0.25) is 0 Å². The smallest absolute Gasteiger partial charge is 0.264 e. The Balaban J connectivity index is 1.49.